The molecular formula is C30H47ClN4O3. The Morgan fingerprint density at radius 3 is 2.24 bits per heavy atom. The Balaban J connectivity index is 2.13. The number of hydrogen-bond acceptors (Lipinski definition) is 4. The molecule has 0 radical (unpaired) electrons. The molecule has 1 fully saturated rings. The summed E-state index contributed by atoms with van der Waals surface area (Å²) in [5.41, 5.74) is 1.49. The SMILES string of the molecule is C/C(=C\[C@H](C(C)C)N(C)C(=O)[C@@H](NC(=O)[C@H]1CCCCN1C(C)C)C(C)C)C(=O)NCc1ccc(Cl)cc1. The predicted octanol–water partition coefficient (Wildman–Crippen LogP) is 4.79. The average Bonchev–Trinajstić information content (AvgIpc) is 2.88. The Morgan fingerprint density at radius 1 is 1.05 bits per heavy atom. The van der Waals surface area contributed by atoms with Crippen molar-refractivity contribution in [1.82, 2.24) is 20.4 Å². The average molecular weight is 547 g/mol. The fourth-order valence-corrected chi connectivity index (χ4v) is 5.12. The molecule has 0 aliphatic carbocycles. The molecule has 1 heterocycles. The summed E-state index contributed by atoms with van der Waals surface area (Å²) < 4.78 is 0. The molecule has 38 heavy (non-hydrogen) atoms. The Bertz CT molecular complexity index is 974. The van der Waals surface area contributed by atoms with E-state index in [0.29, 0.717) is 17.1 Å². The molecule has 2 N–H and O–H groups in total. The number of likely N-dealkylation sites (tertiary alicyclic amines) is 1. The van der Waals surface area contributed by atoms with Crippen molar-refractivity contribution in [2.75, 3.05) is 13.6 Å². The second kappa shape index (κ2) is 14.7. The zero-order chi connectivity index (χ0) is 28.6. The molecule has 8 heteroatoms. The molecule has 212 valence electrons. The number of piperidine rings is 1. The van der Waals surface area contributed by atoms with Crippen LogP contribution in [0.3, 0.4) is 0 Å². The molecular weight excluding hydrogens is 500 g/mol. The summed E-state index contributed by atoms with van der Waals surface area (Å²) in [6.45, 7) is 15.2. The van der Waals surface area contributed by atoms with E-state index in [1.54, 1.807) is 31.0 Å². The Kier molecular flexibility index (Phi) is 12.3. The second-order valence-electron chi connectivity index (χ2n) is 11.4. The van der Waals surface area contributed by atoms with Crippen molar-refractivity contribution in [3.63, 3.8) is 0 Å². The third-order valence-corrected chi connectivity index (χ3v) is 7.62. The predicted molar refractivity (Wildman–Crippen MR) is 155 cm³/mol. The van der Waals surface area contributed by atoms with Gasteiger partial charge in [-0.05, 0) is 69.7 Å². The van der Waals surface area contributed by atoms with E-state index >= 15 is 0 Å². The smallest absolute Gasteiger partial charge is 0.246 e. The summed E-state index contributed by atoms with van der Waals surface area (Å²) in [4.78, 5) is 43.8. The van der Waals surface area contributed by atoms with E-state index < -0.39 is 6.04 Å². The largest absolute Gasteiger partial charge is 0.348 e. The maximum Gasteiger partial charge on any atom is 0.246 e. The summed E-state index contributed by atoms with van der Waals surface area (Å²) >= 11 is 5.94. The molecule has 0 aromatic heterocycles. The van der Waals surface area contributed by atoms with Crippen molar-refractivity contribution in [3.05, 3.63) is 46.5 Å². The number of carbonyl (C=O) groups is 3. The minimum atomic E-state index is -0.642. The minimum absolute atomic E-state index is 0.0706. The third-order valence-electron chi connectivity index (χ3n) is 7.36. The van der Waals surface area contributed by atoms with Gasteiger partial charge in [-0.2, -0.15) is 0 Å². The topological polar surface area (TPSA) is 81.8 Å². The van der Waals surface area contributed by atoms with Gasteiger partial charge in [-0.25, -0.2) is 0 Å². The molecule has 0 bridgehead atoms. The monoisotopic (exact) mass is 546 g/mol. The van der Waals surface area contributed by atoms with Gasteiger partial charge in [0.15, 0.2) is 0 Å². The Morgan fingerprint density at radius 2 is 1.68 bits per heavy atom. The van der Waals surface area contributed by atoms with Crippen LogP contribution in [-0.4, -0.2) is 65.3 Å². The molecule has 0 spiro atoms. The highest BCUT2D eigenvalue weighted by molar-refractivity contribution is 6.30. The van der Waals surface area contributed by atoms with E-state index in [4.69, 9.17) is 11.6 Å². The maximum atomic E-state index is 13.7. The van der Waals surface area contributed by atoms with Crippen LogP contribution in [0, 0.1) is 11.8 Å². The van der Waals surface area contributed by atoms with Gasteiger partial charge in [0.05, 0.1) is 12.1 Å². The first kappa shape index (κ1) is 31.8. The van der Waals surface area contributed by atoms with E-state index in [-0.39, 0.29) is 47.7 Å². The first-order chi connectivity index (χ1) is 17.8. The maximum absolute atomic E-state index is 13.7. The van der Waals surface area contributed by atoms with Crippen LogP contribution in [-0.2, 0) is 20.9 Å². The standard InChI is InChI=1S/C30H47ClN4O3/c1-19(2)26(17-22(7)28(36)32-18-23-12-14-24(31)15-13-23)34(8)30(38)27(20(3)4)33-29(37)25-11-9-10-16-35(25)21(5)6/h12-15,17,19-21,25-27H,9-11,16,18H2,1-8H3,(H,32,36)(H,33,37)/b22-17+/t25-,26-,27+/m1/s1. The van der Waals surface area contributed by atoms with E-state index in [9.17, 15) is 14.4 Å². The van der Waals surface area contributed by atoms with Gasteiger partial charge in [0.25, 0.3) is 0 Å². The van der Waals surface area contributed by atoms with E-state index in [0.717, 1.165) is 31.4 Å². The number of amides is 3. The van der Waals surface area contributed by atoms with Crippen LogP contribution in [0.5, 0.6) is 0 Å². The molecule has 0 unspecified atom stereocenters. The minimum Gasteiger partial charge on any atom is -0.348 e. The number of benzene rings is 1. The van der Waals surface area contributed by atoms with Crippen LogP contribution in [0.25, 0.3) is 0 Å². The van der Waals surface area contributed by atoms with E-state index in [1.807, 2.05) is 45.9 Å². The van der Waals surface area contributed by atoms with Gasteiger partial charge in [0.1, 0.15) is 6.04 Å². The van der Waals surface area contributed by atoms with E-state index in [1.165, 1.54) is 0 Å². The highest BCUT2D eigenvalue weighted by atomic mass is 35.5. The second-order valence-corrected chi connectivity index (χ2v) is 11.9. The van der Waals surface area contributed by atoms with Crippen molar-refractivity contribution in [2.24, 2.45) is 11.8 Å². The van der Waals surface area contributed by atoms with Crippen molar-refractivity contribution in [1.29, 1.82) is 0 Å². The van der Waals surface area contributed by atoms with Crippen molar-refractivity contribution < 1.29 is 14.4 Å². The lowest BCUT2D eigenvalue weighted by atomic mass is 9.95. The van der Waals surface area contributed by atoms with E-state index in [2.05, 4.69) is 29.4 Å². The van der Waals surface area contributed by atoms with Crippen molar-refractivity contribution >= 4 is 29.3 Å². The number of nitrogens with zero attached hydrogens (tertiary/aromatic N) is 2. The molecule has 1 aliphatic rings. The van der Waals surface area contributed by atoms with Crippen molar-refractivity contribution in [3.8, 4) is 0 Å². The lowest BCUT2D eigenvalue weighted by Crippen LogP contribution is -2.58. The summed E-state index contributed by atoms with van der Waals surface area (Å²) in [7, 11) is 1.75. The zero-order valence-electron chi connectivity index (χ0n) is 24.4. The normalized spacial score (nSPS) is 18.4. The molecule has 1 saturated heterocycles. The lowest BCUT2D eigenvalue weighted by molar-refractivity contribution is -0.140. The van der Waals surface area contributed by atoms with Gasteiger partial charge in [-0.3, -0.25) is 19.3 Å². The third kappa shape index (κ3) is 8.84. The summed E-state index contributed by atoms with van der Waals surface area (Å²) in [5, 5.41) is 6.66. The quantitative estimate of drug-likeness (QED) is 0.391. The number of likely N-dealkylation sites (N-methyl/N-ethyl adjacent to an activating group) is 1. The highest BCUT2D eigenvalue weighted by Crippen LogP contribution is 2.21. The molecule has 1 aromatic rings. The summed E-state index contributed by atoms with van der Waals surface area (Å²) in [6, 6.07) is 6.44. The molecule has 3 amide bonds. The number of carbonyl (C=O) groups excluding carboxylic acids is 3. The van der Waals surface area contributed by atoms with Crippen LogP contribution < -0.4 is 10.6 Å². The fraction of sp³-hybridized carbons (Fsp3) is 0.633. The molecule has 2 rings (SSSR count). The van der Waals surface area contributed by atoms with Crippen LogP contribution in [0.2, 0.25) is 5.02 Å². The Labute approximate surface area is 234 Å². The number of rotatable bonds is 11. The van der Waals surface area contributed by atoms with Crippen LogP contribution in [0.1, 0.15) is 73.3 Å². The van der Waals surface area contributed by atoms with Crippen molar-refractivity contribution in [2.45, 2.75) is 98.4 Å². The summed E-state index contributed by atoms with van der Waals surface area (Å²) in [5.74, 6) is -0.420. The first-order valence-electron chi connectivity index (χ1n) is 13.9. The molecule has 1 aliphatic heterocycles. The van der Waals surface area contributed by atoms with Gasteiger partial charge < -0.3 is 15.5 Å². The number of nitrogens with one attached hydrogen (secondary N) is 2. The van der Waals surface area contributed by atoms with Gasteiger partial charge in [0, 0.05) is 30.2 Å². The fourth-order valence-electron chi connectivity index (χ4n) is 4.99. The first-order valence-corrected chi connectivity index (χ1v) is 14.2. The van der Waals surface area contributed by atoms with Crippen LogP contribution in [0.4, 0.5) is 0 Å². The highest BCUT2D eigenvalue weighted by Gasteiger charge is 2.36. The Hall–Kier alpha value is -2.38. The molecule has 3 atom stereocenters. The molecule has 1 aromatic carbocycles. The van der Waals surface area contributed by atoms with Gasteiger partial charge in [0.2, 0.25) is 17.7 Å². The van der Waals surface area contributed by atoms with Gasteiger partial charge >= 0.3 is 0 Å². The van der Waals surface area contributed by atoms with Crippen LogP contribution in [0.15, 0.2) is 35.9 Å². The van der Waals surface area contributed by atoms with Gasteiger partial charge in [-0.1, -0.05) is 63.9 Å². The number of halogens is 1. The molecule has 7 nitrogen and oxygen atoms in total. The summed E-state index contributed by atoms with van der Waals surface area (Å²) in [6.07, 6.45) is 4.76. The zero-order valence-corrected chi connectivity index (χ0v) is 25.1. The number of hydrogen-bond donors (Lipinski definition) is 2. The van der Waals surface area contributed by atoms with Gasteiger partial charge in [-0.15, -0.1) is 0 Å². The van der Waals surface area contributed by atoms with Crippen LogP contribution >= 0.6 is 11.6 Å². The lowest BCUT2D eigenvalue weighted by Gasteiger charge is -2.39. The molecule has 0 saturated carbocycles.